The molecule has 200 valence electrons. The average molecular weight is 547 g/mol. The van der Waals surface area contributed by atoms with Crippen LogP contribution in [0.1, 0.15) is 28.3 Å². The molecule has 0 aromatic heterocycles. The van der Waals surface area contributed by atoms with Crippen molar-refractivity contribution in [2.75, 3.05) is 26.2 Å². The van der Waals surface area contributed by atoms with Gasteiger partial charge >= 0.3 is 6.18 Å². The largest absolute Gasteiger partial charge is 0.435 e. The van der Waals surface area contributed by atoms with Crippen LogP contribution in [-0.2, 0) is 19.4 Å². The minimum atomic E-state index is -4.88. The van der Waals surface area contributed by atoms with Crippen LogP contribution in [0.2, 0.25) is 0 Å². The molecule has 0 saturated carbocycles. The van der Waals surface area contributed by atoms with Gasteiger partial charge in [0.15, 0.2) is 5.71 Å². The summed E-state index contributed by atoms with van der Waals surface area (Å²) in [6, 6.07) is 8.71. The highest BCUT2D eigenvalue weighted by Crippen LogP contribution is 2.41. The van der Waals surface area contributed by atoms with Crippen LogP contribution in [-0.4, -0.2) is 63.2 Å². The summed E-state index contributed by atoms with van der Waals surface area (Å²) in [5, 5.41) is 5.79. The lowest BCUT2D eigenvalue weighted by Gasteiger charge is -2.35. The number of carbonyl (C=O) groups excluding carboxylic acids is 2. The second-order valence-electron chi connectivity index (χ2n) is 9.59. The summed E-state index contributed by atoms with van der Waals surface area (Å²) in [6.45, 7) is 4.88. The van der Waals surface area contributed by atoms with Gasteiger partial charge in [0, 0.05) is 26.2 Å². The van der Waals surface area contributed by atoms with E-state index >= 15 is 0 Å². The zero-order chi connectivity index (χ0) is 27.4. The normalized spacial score (nSPS) is 21.2. The van der Waals surface area contributed by atoms with E-state index in [0.29, 0.717) is 35.3 Å². The van der Waals surface area contributed by atoms with Crippen molar-refractivity contribution in [3.05, 3.63) is 70.4 Å². The number of carbonyl (C=O) groups is 2. The molecule has 3 heterocycles. The highest BCUT2D eigenvalue weighted by molar-refractivity contribution is 7.91. The number of piperazine rings is 1. The zero-order valence-corrected chi connectivity index (χ0v) is 21.4. The number of allylic oxidation sites excluding steroid dienone is 1. The van der Waals surface area contributed by atoms with Crippen LogP contribution >= 0.6 is 0 Å². The highest BCUT2D eigenvalue weighted by Gasteiger charge is 2.46. The zero-order valence-electron chi connectivity index (χ0n) is 20.6. The molecule has 0 radical (unpaired) electrons. The van der Waals surface area contributed by atoms with Crippen LogP contribution in [0.5, 0.6) is 0 Å². The fourth-order valence-corrected chi connectivity index (χ4v) is 6.91. The second kappa shape index (κ2) is 9.35. The molecule has 3 aliphatic rings. The lowest BCUT2D eigenvalue weighted by molar-refractivity contribution is -0.132. The topological polar surface area (TPSA) is 108 Å². The summed E-state index contributed by atoms with van der Waals surface area (Å²) >= 11 is 0. The van der Waals surface area contributed by atoms with Gasteiger partial charge < -0.3 is 15.5 Å². The summed E-state index contributed by atoms with van der Waals surface area (Å²) in [4.78, 5) is 31.0. The molecule has 2 aromatic rings. The molecule has 12 heteroatoms. The van der Waals surface area contributed by atoms with E-state index in [0.717, 1.165) is 6.08 Å². The Morgan fingerprint density at radius 3 is 2.11 bits per heavy atom. The summed E-state index contributed by atoms with van der Waals surface area (Å²) in [7, 11) is -3.89. The summed E-state index contributed by atoms with van der Waals surface area (Å²) < 4.78 is 68.1. The van der Waals surface area contributed by atoms with Crippen molar-refractivity contribution < 1.29 is 31.2 Å². The molecule has 0 aliphatic carbocycles. The monoisotopic (exact) mass is 546 g/mol. The van der Waals surface area contributed by atoms with Crippen molar-refractivity contribution in [3.8, 4) is 0 Å². The maximum atomic E-state index is 13.8. The Balaban J connectivity index is 1.55. The molecule has 8 nitrogen and oxygen atoms in total. The fourth-order valence-electron chi connectivity index (χ4n) is 5.00. The maximum Gasteiger partial charge on any atom is 0.435 e. The van der Waals surface area contributed by atoms with Gasteiger partial charge in [0.2, 0.25) is 15.7 Å². The van der Waals surface area contributed by atoms with Crippen molar-refractivity contribution >= 4 is 27.4 Å². The first-order valence-corrected chi connectivity index (χ1v) is 13.5. The standard InChI is InChI=1S/C26H25F3N4O4S/c1-14-3-5-16-20(11-14)38(36,37)21-12-15(2)4-6-17(21)22(16)31-24(34)18-13-19(33-9-7-30-8-10-33)23(26(27,28)29)32-25(18)35/h3-6,11-13,18,22,30H,7-10H2,1-2H3,(H,31,34). The molecule has 1 fully saturated rings. The van der Waals surface area contributed by atoms with Gasteiger partial charge in [-0.15, -0.1) is 0 Å². The Labute approximate surface area is 217 Å². The third-order valence-electron chi connectivity index (χ3n) is 6.89. The molecule has 1 saturated heterocycles. The quantitative estimate of drug-likeness (QED) is 0.574. The van der Waals surface area contributed by atoms with E-state index in [-0.39, 0.29) is 28.6 Å². The molecular weight excluding hydrogens is 521 g/mol. The number of alkyl halides is 3. The average Bonchev–Trinajstić information content (AvgIpc) is 2.86. The van der Waals surface area contributed by atoms with Gasteiger partial charge in [0.05, 0.1) is 21.5 Å². The lowest BCUT2D eigenvalue weighted by atomic mass is 9.94. The van der Waals surface area contributed by atoms with Crippen molar-refractivity contribution in [3.63, 3.8) is 0 Å². The SMILES string of the molecule is Cc1ccc2c(c1)S(=O)(=O)c1cc(C)ccc1C2NC(=O)C1C=C(N2CCNCC2)C(C(F)(F)F)=NC1=O. The Bertz CT molecular complexity index is 1450. The molecule has 0 spiro atoms. The second-order valence-corrected chi connectivity index (χ2v) is 11.5. The number of hydrogen-bond donors (Lipinski definition) is 2. The first-order chi connectivity index (χ1) is 17.9. The molecule has 5 rings (SSSR count). The molecule has 1 atom stereocenters. The fraction of sp³-hybridized carbons (Fsp3) is 0.346. The van der Waals surface area contributed by atoms with Crippen LogP contribution in [0.3, 0.4) is 0 Å². The number of aryl methyl sites for hydroxylation is 2. The highest BCUT2D eigenvalue weighted by atomic mass is 32.2. The van der Waals surface area contributed by atoms with E-state index in [1.54, 1.807) is 38.1 Å². The van der Waals surface area contributed by atoms with Crippen molar-refractivity contribution in [2.24, 2.45) is 10.9 Å². The Morgan fingerprint density at radius 2 is 1.58 bits per heavy atom. The Morgan fingerprint density at radius 1 is 1.03 bits per heavy atom. The predicted molar refractivity (Wildman–Crippen MR) is 132 cm³/mol. The van der Waals surface area contributed by atoms with E-state index in [9.17, 15) is 31.2 Å². The minimum Gasteiger partial charge on any atom is -0.367 e. The van der Waals surface area contributed by atoms with E-state index < -0.39 is 45.5 Å². The molecule has 38 heavy (non-hydrogen) atoms. The number of nitrogens with zero attached hydrogens (tertiary/aromatic N) is 2. The number of benzene rings is 2. The number of sulfone groups is 1. The van der Waals surface area contributed by atoms with Crippen molar-refractivity contribution in [1.82, 2.24) is 15.5 Å². The smallest absolute Gasteiger partial charge is 0.367 e. The summed E-state index contributed by atoms with van der Waals surface area (Å²) in [5.41, 5.74) is 0.404. The number of amides is 2. The van der Waals surface area contributed by atoms with Gasteiger partial charge in [0.1, 0.15) is 5.92 Å². The number of aliphatic imine (C=N–C) groups is 1. The third kappa shape index (κ3) is 4.51. The van der Waals surface area contributed by atoms with Gasteiger partial charge in [-0.2, -0.15) is 13.2 Å². The van der Waals surface area contributed by atoms with E-state index in [4.69, 9.17) is 0 Å². The number of hydrogen-bond acceptors (Lipinski definition) is 6. The lowest BCUT2D eigenvalue weighted by Crippen LogP contribution is -2.49. The molecule has 2 aromatic carbocycles. The van der Waals surface area contributed by atoms with E-state index in [1.807, 2.05) is 0 Å². The van der Waals surface area contributed by atoms with Gasteiger partial charge in [-0.25, -0.2) is 13.4 Å². The molecule has 0 bridgehead atoms. The van der Waals surface area contributed by atoms with Crippen LogP contribution in [0, 0.1) is 19.8 Å². The number of dihydropyridines is 1. The first kappa shape index (κ1) is 26.1. The molecule has 3 aliphatic heterocycles. The molecule has 2 amide bonds. The van der Waals surface area contributed by atoms with Crippen molar-refractivity contribution in [2.45, 2.75) is 35.9 Å². The van der Waals surface area contributed by atoms with Crippen LogP contribution in [0.4, 0.5) is 13.2 Å². The number of halogens is 3. The Hall–Kier alpha value is -3.51. The van der Waals surface area contributed by atoms with E-state index in [1.165, 1.54) is 17.0 Å². The molecule has 1 unspecified atom stereocenters. The van der Waals surface area contributed by atoms with Crippen LogP contribution < -0.4 is 10.6 Å². The predicted octanol–water partition coefficient (Wildman–Crippen LogP) is 2.60. The van der Waals surface area contributed by atoms with Crippen molar-refractivity contribution in [1.29, 1.82) is 0 Å². The molecular formula is C26H25F3N4O4S. The summed E-state index contributed by atoms with van der Waals surface area (Å²) in [5.74, 6) is -3.70. The number of fused-ring (bicyclic) bond motifs is 2. The Kier molecular flexibility index (Phi) is 6.42. The third-order valence-corrected chi connectivity index (χ3v) is 8.75. The maximum absolute atomic E-state index is 13.8. The number of nitrogens with one attached hydrogen (secondary N) is 2. The molecule has 2 N–H and O–H groups in total. The minimum absolute atomic E-state index is 0.0327. The summed E-state index contributed by atoms with van der Waals surface area (Å²) in [6.07, 6.45) is -3.86. The first-order valence-electron chi connectivity index (χ1n) is 12.0. The van der Waals surface area contributed by atoms with Gasteiger partial charge in [-0.05, 0) is 54.3 Å². The van der Waals surface area contributed by atoms with Crippen LogP contribution in [0.15, 0.2) is 63.0 Å². The van der Waals surface area contributed by atoms with Crippen LogP contribution in [0.25, 0.3) is 0 Å². The van der Waals surface area contributed by atoms with Gasteiger partial charge in [0.25, 0.3) is 5.91 Å². The van der Waals surface area contributed by atoms with Gasteiger partial charge in [-0.3, -0.25) is 9.59 Å². The van der Waals surface area contributed by atoms with E-state index in [2.05, 4.69) is 15.6 Å². The number of rotatable bonds is 3. The van der Waals surface area contributed by atoms with Gasteiger partial charge in [-0.1, -0.05) is 24.3 Å².